The number of rotatable bonds is 4. The number of likely N-dealkylation sites (tertiary alicyclic amines) is 1. The van der Waals surface area contributed by atoms with Crippen LogP contribution in [-0.4, -0.2) is 40.0 Å². The van der Waals surface area contributed by atoms with Crippen LogP contribution in [0, 0.1) is 5.92 Å². The van der Waals surface area contributed by atoms with Crippen LogP contribution in [0.15, 0.2) is 5.38 Å². The molecule has 104 valence electrons. The van der Waals surface area contributed by atoms with Crippen molar-refractivity contribution < 1.29 is 14.7 Å². The largest absolute Gasteiger partial charge is 0.481 e. The van der Waals surface area contributed by atoms with Crippen molar-refractivity contribution in [3.8, 4) is 0 Å². The summed E-state index contributed by atoms with van der Waals surface area (Å²) in [6, 6.07) is 0. The number of hydrogen-bond acceptors (Lipinski definition) is 5. The van der Waals surface area contributed by atoms with E-state index >= 15 is 0 Å². The maximum atomic E-state index is 11.0. The lowest BCUT2D eigenvalue weighted by Gasteiger charge is -2.29. The van der Waals surface area contributed by atoms with Crippen molar-refractivity contribution in [3.05, 3.63) is 11.1 Å². The number of nitrogens with one attached hydrogen (secondary N) is 1. The molecule has 2 rings (SSSR count). The highest BCUT2D eigenvalue weighted by Gasteiger charge is 2.25. The van der Waals surface area contributed by atoms with E-state index in [0.29, 0.717) is 18.2 Å². The van der Waals surface area contributed by atoms with E-state index < -0.39 is 5.97 Å². The normalized spacial score (nSPS) is 20.2. The number of carbonyl (C=O) groups excluding carboxylic acids is 1. The molecule has 0 spiro atoms. The van der Waals surface area contributed by atoms with Crippen LogP contribution in [0.2, 0.25) is 0 Å². The molecule has 1 unspecified atom stereocenters. The number of carbonyl (C=O) groups is 2. The number of carboxylic acid groups (broad SMARTS) is 1. The molecule has 7 heteroatoms. The van der Waals surface area contributed by atoms with E-state index in [4.69, 9.17) is 5.11 Å². The summed E-state index contributed by atoms with van der Waals surface area (Å²) in [7, 11) is 0. The zero-order chi connectivity index (χ0) is 13.8. The molecule has 1 atom stereocenters. The van der Waals surface area contributed by atoms with Crippen molar-refractivity contribution in [3.63, 3.8) is 0 Å². The fraction of sp³-hybridized carbons (Fsp3) is 0.583. The number of aromatic nitrogens is 1. The topological polar surface area (TPSA) is 82.5 Å². The summed E-state index contributed by atoms with van der Waals surface area (Å²) in [6.07, 6.45) is 1.65. The highest BCUT2D eigenvalue weighted by Crippen LogP contribution is 2.21. The minimum absolute atomic E-state index is 0.134. The van der Waals surface area contributed by atoms with Crippen LogP contribution in [0.1, 0.15) is 25.5 Å². The lowest BCUT2D eigenvalue weighted by Crippen LogP contribution is -2.38. The fourth-order valence-corrected chi connectivity index (χ4v) is 2.96. The van der Waals surface area contributed by atoms with Crippen LogP contribution < -0.4 is 5.32 Å². The van der Waals surface area contributed by atoms with Crippen LogP contribution in [0.5, 0.6) is 0 Å². The zero-order valence-corrected chi connectivity index (χ0v) is 11.6. The molecule has 1 aliphatic heterocycles. The second kappa shape index (κ2) is 6.12. The van der Waals surface area contributed by atoms with E-state index in [1.54, 1.807) is 0 Å². The first-order valence-corrected chi connectivity index (χ1v) is 7.09. The molecule has 0 bridgehead atoms. The Morgan fingerprint density at radius 2 is 2.42 bits per heavy atom. The number of anilines is 1. The maximum absolute atomic E-state index is 11.0. The standard InChI is InChI=1S/C12H17N3O3S/c1-8(16)13-12-14-10(7-19-12)6-15-4-2-3-9(5-15)11(17)18/h7,9H,2-6H2,1H3,(H,17,18)(H,13,14,16). The summed E-state index contributed by atoms with van der Waals surface area (Å²) in [6.45, 7) is 3.56. The Morgan fingerprint density at radius 1 is 1.63 bits per heavy atom. The quantitative estimate of drug-likeness (QED) is 0.872. The van der Waals surface area contributed by atoms with Gasteiger partial charge in [0.15, 0.2) is 5.13 Å². The van der Waals surface area contributed by atoms with Gasteiger partial charge in [-0.1, -0.05) is 0 Å². The van der Waals surface area contributed by atoms with Crippen LogP contribution in [0.3, 0.4) is 0 Å². The molecule has 0 saturated carbocycles. The Labute approximate surface area is 115 Å². The minimum atomic E-state index is -0.720. The summed E-state index contributed by atoms with van der Waals surface area (Å²) >= 11 is 1.39. The molecule has 2 heterocycles. The van der Waals surface area contributed by atoms with E-state index in [0.717, 1.165) is 25.1 Å². The van der Waals surface area contributed by atoms with Crippen molar-refractivity contribution in [1.29, 1.82) is 0 Å². The van der Waals surface area contributed by atoms with E-state index in [1.807, 2.05) is 5.38 Å². The van der Waals surface area contributed by atoms with Gasteiger partial charge in [-0.25, -0.2) is 4.98 Å². The highest BCUT2D eigenvalue weighted by atomic mass is 32.1. The second-order valence-corrected chi connectivity index (χ2v) is 5.60. The third kappa shape index (κ3) is 4.00. The fourth-order valence-electron chi connectivity index (χ4n) is 2.22. The van der Waals surface area contributed by atoms with Gasteiger partial charge in [-0.15, -0.1) is 11.3 Å². The van der Waals surface area contributed by atoms with Crippen molar-refractivity contribution in [2.45, 2.75) is 26.3 Å². The number of hydrogen-bond donors (Lipinski definition) is 2. The highest BCUT2D eigenvalue weighted by molar-refractivity contribution is 7.13. The number of aliphatic carboxylic acids is 1. The van der Waals surface area contributed by atoms with Crippen molar-refractivity contribution in [1.82, 2.24) is 9.88 Å². The van der Waals surface area contributed by atoms with Crippen LogP contribution in [0.25, 0.3) is 0 Å². The lowest BCUT2D eigenvalue weighted by atomic mass is 9.98. The SMILES string of the molecule is CC(=O)Nc1nc(CN2CCCC(C(=O)O)C2)cs1. The van der Waals surface area contributed by atoms with Gasteiger partial charge in [-0.3, -0.25) is 14.5 Å². The van der Waals surface area contributed by atoms with E-state index in [-0.39, 0.29) is 11.8 Å². The van der Waals surface area contributed by atoms with Gasteiger partial charge < -0.3 is 10.4 Å². The first kappa shape index (κ1) is 14.0. The molecule has 19 heavy (non-hydrogen) atoms. The predicted molar refractivity (Wildman–Crippen MR) is 72.1 cm³/mol. The third-order valence-electron chi connectivity index (χ3n) is 3.08. The Balaban J connectivity index is 1.91. The second-order valence-electron chi connectivity index (χ2n) is 4.74. The first-order valence-electron chi connectivity index (χ1n) is 6.21. The molecule has 1 aliphatic rings. The van der Waals surface area contributed by atoms with E-state index in [1.165, 1.54) is 18.3 Å². The van der Waals surface area contributed by atoms with Gasteiger partial charge in [0.25, 0.3) is 0 Å². The van der Waals surface area contributed by atoms with Gasteiger partial charge in [0.2, 0.25) is 5.91 Å². The van der Waals surface area contributed by atoms with Crippen molar-refractivity contribution in [2.75, 3.05) is 18.4 Å². The molecule has 0 aliphatic carbocycles. The number of piperidine rings is 1. The predicted octanol–water partition coefficient (Wildman–Crippen LogP) is 1.40. The molecule has 1 amide bonds. The summed E-state index contributed by atoms with van der Waals surface area (Å²) in [5, 5.41) is 14.2. The maximum Gasteiger partial charge on any atom is 0.307 e. The molecule has 6 nitrogen and oxygen atoms in total. The molecule has 1 aromatic heterocycles. The van der Waals surface area contributed by atoms with Crippen LogP contribution >= 0.6 is 11.3 Å². The zero-order valence-electron chi connectivity index (χ0n) is 10.8. The van der Waals surface area contributed by atoms with Crippen LogP contribution in [0.4, 0.5) is 5.13 Å². The summed E-state index contributed by atoms with van der Waals surface area (Å²) in [5.41, 5.74) is 0.875. The molecule has 0 radical (unpaired) electrons. The molecule has 2 N–H and O–H groups in total. The average molecular weight is 283 g/mol. The van der Waals surface area contributed by atoms with Gasteiger partial charge in [0, 0.05) is 25.4 Å². The molecule has 1 fully saturated rings. The Kier molecular flexibility index (Phi) is 4.49. The van der Waals surface area contributed by atoms with Gasteiger partial charge in [-0.05, 0) is 19.4 Å². The molecule has 0 aromatic carbocycles. The molecule has 1 saturated heterocycles. The molecular weight excluding hydrogens is 266 g/mol. The van der Waals surface area contributed by atoms with Gasteiger partial charge >= 0.3 is 5.97 Å². The summed E-state index contributed by atoms with van der Waals surface area (Å²) < 4.78 is 0. The molecular formula is C12H17N3O3S. The number of carboxylic acids is 1. The first-order chi connectivity index (χ1) is 9.04. The average Bonchev–Trinajstić information content (AvgIpc) is 2.76. The van der Waals surface area contributed by atoms with Crippen molar-refractivity contribution >= 4 is 28.3 Å². The lowest BCUT2D eigenvalue weighted by molar-refractivity contribution is -0.143. The van der Waals surface area contributed by atoms with E-state index in [2.05, 4.69) is 15.2 Å². The Morgan fingerprint density at radius 3 is 3.11 bits per heavy atom. The van der Waals surface area contributed by atoms with Crippen LogP contribution in [-0.2, 0) is 16.1 Å². The Bertz CT molecular complexity index is 475. The minimum Gasteiger partial charge on any atom is -0.481 e. The van der Waals surface area contributed by atoms with E-state index in [9.17, 15) is 9.59 Å². The number of thiazole rings is 1. The number of nitrogens with zero attached hydrogens (tertiary/aromatic N) is 2. The van der Waals surface area contributed by atoms with Gasteiger partial charge in [0.1, 0.15) is 0 Å². The summed E-state index contributed by atoms with van der Waals surface area (Å²) in [5.74, 6) is -1.13. The number of amides is 1. The van der Waals surface area contributed by atoms with Crippen molar-refractivity contribution in [2.24, 2.45) is 5.92 Å². The molecule has 1 aromatic rings. The van der Waals surface area contributed by atoms with Gasteiger partial charge in [-0.2, -0.15) is 0 Å². The summed E-state index contributed by atoms with van der Waals surface area (Å²) in [4.78, 5) is 28.3. The van der Waals surface area contributed by atoms with Gasteiger partial charge in [0.05, 0.1) is 11.6 Å². The third-order valence-corrected chi connectivity index (χ3v) is 3.88. The monoisotopic (exact) mass is 283 g/mol. The smallest absolute Gasteiger partial charge is 0.307 e. The Hall–Kier alpha value is -1.47.